The number of fused-ring (bicyclic) bond motifs is 1. The van der Waals surface area contributed by atoms with E-state index in [0.717, 1.165) is 41.2 Å². The maximum absolute atomic E-state index is 11.3. The molecule has 1 N–H and O–H groups in total. The van der Waals surface area contributed by atoms with Crippen LogP contribution >= 0.6 is 0 Å². The largest absolute Gasteiger partial charge is 0.487 e. The average Bonchev–Trinajstić information content (AvgIpc) is 3.06. The fourth-order valence-corrected chi connectivity index (χ4v) is 3.42. The van der Waals surface area contributed by atoms with Crippen LogP contribution in [0.25, 0.3) is 11.1 Å². The molecule has 152 valence electrons. The molecule has 1 amide bonds. The van der Waals surface area contributed by atoms with E-state index in [-0.39, 0.29) is 18.1 Å². The first-order valence-electron chi connectivity index (χ1n) is 9.75. The van der Waals surface area contributed by atoms with Crippen LogP contribution in [0.4, 0.5) is 11.7 Å². The minimum Gasteiger partial charge on any atom is -0.487 e. The molecule has 0 saturated carbocycles. The number of benzene rings is 2. The second-order valence-electron chi connectivity index (χ2n) is 7.68. The van der Waals surface area contributed by atoms with Gasteiger partial charge < -0.3 is 24.3 Å². The van der Waals surface area contributed by atoms with E-state index in [9.17, 15) is 4.79 Å². The van der Waals surface area contributed by atoms with Crippen LogP contribution in [0.15, 0.2) is 46.9 Å². The summed E-state index contributed by atoms with van der Waals surface area (Å²) in [5, 5.41) is 2.88. The van der Waals surface area contributed by atoms with Gasteiger partial charge in [-0.2, -0.15) is 4.98 Å². The number of ether oxygens (including phenoxy) is 1. The molecule has 4 rings (SSSR count). The molecule has 1 atom stereocenters. The molecule has 1 aliphatic heterocycles. The number of nitrogens with one attached hydrogen (secondary N) is 1. The Hall–Kier alpha value is -3.22. The molecule has 0 aliphatic carbocycles. The molecule has 0 spiro atoms. The first kappa shape index (κ1) is 19.1. The Balaban J connectivity index is 1.40. The quantitative estimate of drug-likeness (QED) is 0.691. The van der Waals surface area contributed by atoms with Crippen LogP contribution < -0.4 is 19.9 Å². The van der Waals surface area contributed by atoms with Gasteiger partial charge in [-0.1, -0.05) is 12.1 Å². The Morgan fingerprint density at radius 3 is 2.79 bits per heavy atom. The molecule has 7 nitrogen and oxygen atoms in total. The molecule has 3 aromatic rings. The van der Waals surface area contributed by atoms with Crippen molar-refractivity contribution in [3.05, 3.63) is 48.0 Å². The fraction of sp³-hybridized carbons (Fsp3) is 0.364. The summed E-state index contributed by atoms with van der Waals surface area (Å²) in [4.78, 5) is 20.0. The Labute approximate surface area is 170 Å². The lowest BCUT2D eigenvalue weighted by molar-refractivity contribution is -0.119. The van der Waals surface area contributed by atoms with Gasteiger partial charge in [0.2, 0.25) is 5.91 Å². The fourth-order valence-electron chi connectivity index (χ4n) is 3.42. The monoisotopic (exact) mass is 394 g/mol. The topological polar surface area (TPSA) is 70.8 Å². The predicted molar refractivity (Wildman–Crippen MR) is 114 cm³/mol. The van der Waals surface area contributed by atoms with Gasteiger partial charge in [0, 0.05) is 32.8 Å². The van der Waals surface area contributed by atoms with Crippen molar-refractivity contribution in [2.75, 3.05) is 37.0 Å². The van der Waals surface area contributed by atoms with Crippen molar-refractivity contribution in [3.63, 3.8) is 0 Å². The van der Waals surface area contributed by atoms with Crippen LogP contribution in [0.3, 0.4) is 0 Å². The van der Waals surface area contributed by atoms with Crippen LogP contribution in [0.5, 0.6) is 5.75 Å². The lowest BCUT2D eigenvalue weighted by Crippen LogP contribution is -2.54. The molecule has 1 unspecified atom stereocenters. The molecule has 2 heterocycles. The van der Waals surface area contributed by atoms with Crippen molar-refractivity contribution in [3.8, 4) is 5.75 Å². The zero-order valence-electron chi connectivity index (χ0n) is 17.2. The molecule has 0 bridgehead atoms. The van der Waals surface area contributed by atoms with Crippen LogP contribution in [-0.4, -0.2) is 44.2 Å². The number of anilines is 2. The summed E-state index contributed by atoms with van der Waals surface area (Å²) in [6, 6.07) is 14.4. The zero-order valence-corrected chi connectivity index (χ0v) is 17.2. The van der Waals surface area contributed by atoms with Crippen LogP contribution in [0.2, 0.25) is 0 Å². The van der Waals surface area contributed by atoms with Crippen molar-refractivity contribution < 1.29 is 13.9 Å². The molecule has 7 heteroatoms. The highest BCUT2D eigenvalue weighted by atomic mass is 16.5. The summed E-state index contributed by atoms with van der Waals surface area (Å²) >= 11 is 0. The number of oxazole rings is 1. The Morgan fingerprint density at radius 2 is 2.07 bits per heavy atom. The molecule has 0 radical (unpaired) electrons. The van der Waals surface area contributed by atoms with Crippen molar-refractivity contribution >= 4 is 28.7 Å². The molecule has 1 aromatic heterocycles. The Kier molecular flexibility index (Phi) is 5.05. The van der Waals surface area contributed by atoms with E-state index in [0.29, 0.717) is 6.01 Å². The Bertz CT molecular complexity index is 1020. The third kappa shape index (κ3) is 4.13. The summed E-state index contributed by atoms with van der Waals surface area (Å²) in [6.07, 6.45) is 0.109. The molecule has 1 aliphatic rings. The van der Waals surface area contributed by atoms with Gasteiger partial charge in [-0.3, -0.25) is 4.79 Å². The van der Waals surface area contributed by atoms with Gasteiger partial charge in [0.1, 0.15) is 17.4 Å². The third-order valence-corrected chi connectivity index (χ3v) is 5.08. The van der Waals surface area contributed by atoms with E-state index in [1.54, 1.807) is 0 Å². The smallest absolute Gasteiger partial charge is 0.298 e. The van der Waals surface area contributed by atoms with Crippen molar-refractivity contribution in [1.82, 2.24) is 10.3 Å². The number of carbonyl (C=O) groups excluding carboxylic acids is 1. The minimum atomic E-state index is -0.0785. The van der Waals surface area contributed by atoms with E-state index < -0.39 is 0 Å². The van der Waals surface area contributed by atoms with Gasteiger partial charge in [-0.15, -0.1) is 0 Å². The number of rotatable bonds is 6. The second kappa shape index (κ2) is 7.66. The van der Waals surface area contributed by atoms with Crippen molar-refractivity contribution in [1.29, 1.82) is 0 Å². The summed E-state index contributed by atoms with van der Waals surface area (Å²) in [7, 11) is 4.03. The lowest BCUT2D eigenvalue weighted by atomic mass is 10.1. The number of aromatic nitrogens is 1. The van der Waals surface area contributed by atoms with Gasteiger partial charge in [0.25, 0.3) is 6.01 Å². The van der Waals surface area contributed by atoms with Crippen LogP contribution in [-0.2, 0) is 4.79 Å². The number of amides is 1. The van der Waals surface area contributed by atoms with Gasteiger partial charge in [0.05, 0.1) is 19.1 Å². The number of hydrogen-bond donors (Lipinski definition) is 1. The van der Waals surface area contributed by atoms with E-state index in [1.165, 1.54) is 6.92 Å². The predicted octanol–water partition coefficient (Wildman–Crippen LogP) is 3.36. The van der Waals surface area contributed by atoms with Gasteiger partial charge in [-0.25, -0.2) is 0 Å². The van der Waals surface area contributed by atoms with Gasteiger partial charge >= 0.3 is 0 Å². The average molecular weight is 394 g/mol. The van der Waals surface area contributed by atoms with Gasteiger partial charge in [0.15, 0.2) is 5.58 Å². The molecular weight excluding hydrogens is 368 g/mol. The number of nitrogens with zero attached hydrogens (tertiary/aromatic N) is 3. The van der Waals surface area contributed by atoms with E-state index in [2.05, 4.69) is 26.2 Å². The third-order valence-electron chi connectivity index (χ3n) is 5.08. The Morgan fingerprint density at radius 1 is 1.28 bits per heavy atom. The van der Waals surface area contributed by atoms with Crippen LogP contribution in [0.1, 0.15) is 25.5 Å². The van der Waals surface area contributed by atoms with Gasteiger partial charge in [-0.05, 0) is 36.8 Å². The molecule has 1 fully saturated rings. The summed E-state index contributed by atoms with van der Waals surface area (Å²) in [5.41, 5.74) is 3.63. The first-order chi connectivity index (χ1) is 13.9. The molecule has 1 saturated heterocycles. The maximum atomic E-state index is 11.3. The summed E-state index contributed by atoms with van der Waals surface area (Å²) in [6.45, 7) is 4.92. The van der Waals surface area contributed by atoms with Crippen molar-refractivity contribution in [2.24, 2.45) is 0 Å². The highest BCUT2D eigenvalue weighted by Gasteiger charge is 2.32. The highest BCUT2D eigenvalue weighted by molar-refractivity contribution is 5.77. The second-order valence-corrected chi connectivity index (χ2v) is 7.68. The standard InChI is InChI=1S/C22H26N4O3/c1-14(23-15(2)27)16-8-9-20-21(10-16)29-22(24-20)26-12-19(13-26)28-18-7-5-6-17(11-18)25(3)4/h5-11,14,19H,12-13H2,1-4H3,(H,23,27). The lowest BCUT2D eigenvalue weighted by Gasteiger charge is -2.37. The zero-order chi connectivity index (χ0) is 20.5. The molecule has 29 heavy (non-hydrogen) atoms. The van der Waals surface area contributed by atoms with Crippen molar-refractivity contribution in [2.45, 2.75) is 26.0 Å². The molecular formula is C22H26N4O3. The SMILES string of the molecule is CC(=O)NC(C)c1ccc2nc(N3CC(Oc4cccc(N(C)C)c4)C3)oc2c1. The first-order valence-corrected chi connectivity index (χ1v) is 9.75. The number of carbonyl (C=O) groups is 1. The van der Waals surface area contributed by atoms with Crippen LogP contribution in [0, 0.1) is 0 Å². The van der Waals surface area contributed by atoms with E-state index >= 15 is 0 Å². The van der Waals surface area contributed by atoms with E-state index in [1.807, 2.05) is 57.4 Å². The summed E-state index contributed by atoms with van der Waals surface area (Å²) in [5.74, 6) is 0.814. The summed E-state index contributed by atoms with van der Waals surface area (Å²) < 4.78 is 12.0. The number of hydrogen-bond acceptors (Lipinski definition) is 6. The molecule has 2 aromatic carbocycles. The minimum absolute atomic E-state index is 0.0569. The highest BCUT2D eigenvalue weighted by Crippen LogP contribution is 2.29. The maximum Gasteiger partial charge on any atom is 0.298 e. The normalized spacial score (nSPS) is 15.1. The van der Waals surface area contributed by atoms with E-state index in [4.69, 9.17) is 9.15 Å².